The summed E-state index contributed by atoms with van der Waals surface area (Å²) in [5.74, 6) is -3.37. The quantitative estimate of drug-likeness (QED) is 0.622. The molecule has 26 heavy (non-hydrogen) atoms. The normalized spacial score (nSPS) is 16.9. The topological polar surface area (TPSA) is 119 Å². The minimum Gasteiger partial charge on any atom is -0.379 e. The summed E-state index contributed by atoms with van der Waals surface area (Å²) < 4.78 is 83.1. The highest BCUT2D eigenvalue weighted by molar-refractivity contribution is 7.89. The number of hydrogen-bond acceptors (Lipinski definition) is 6. The summed E-state index contributed by atoms with van der Waals surface area (Å²) >= 11 is 0. The number of benzene rings is 1. The summed E-state index contributed by atoms with van der Waals surface area (Å²) in [5, 5.41) is 0. The van der Waals surface area contributed by atoms with Crippen LogP contribution in [-0.4, -0.2) is 66.5 Å². The monoisotopic (exact) mass is 435 g/mol. The van der Waals surface area contributed by atoms with Gasteiger partial charge in [-0.05, 0) is 24.3 Å². The molecule has 0 amide bonds. The van der Waals surface area contributed by atoms with E-state index in [1.807, 2.05) is 0 Å². The molecule has 0 spiro atoms. The van der Waals surface area contributed by atoms with Gasteiger partial charge in [0.05, 0.1) is 36.1 Å². The first-order chi connectivity index (χ1) is 11.6. The van der Waals surface area contributed by atoms with Crippen molar-refractivity contribution in [2.24, 2.45) is 5.73 Å². The number of morpholine rings is 1. The Morgan fingerprint density at radius 1 is 1.08 bits per heavy atom. The molecule has 150 valence electrons. The minimum atomic E-state index is -4.20. The van der Waals surface area contributed by atoms with Crippen LogP contribution in [0.4, 0.5) is 8.78 Å². The highest BCUT2D eigenvalue weighted by Gasteiger charge is 2.30. The molecule has 0 saturated carbocycles. The average Bonchev–Trinajstić information content (AvgIpc) is 2.61. The number of nitrogens with one attached hydrogen (secondary N) is 1. The Kier molecular flexibility index (Phi) is 7.89. The molecule has 1 saturated heterocycles. The number of hydrogen-bond donors (Lipinski definition) is 2. The molecule has 1 aliphatic heterocycles. The van der Waals surface area contributed by atoms with E-state index in [4.69, 9.17) is 10.5 Å². The lowest BCUT2D eigenvalue weighted by Gasteiger charge is -2.26. The summed E-state index contributed by atoms with van der Waals surface area (Å²) in [5.41, 5.74) is 4.85. The molecule has 13 heteroatoms. The molecule has 8 nitrogen and oxygen atoms in total. The van der Waals surface area contributed by atoms with Crippen LogP contribution in [0.15, 0.2) is 34.1 Å². The fourth-order valence-electron chi connectivity index (χ4n) is 2.08. The Morgan fingerprint density at radius 3 is 2.08 bits per heavy atom. The number of nitrogens with zero attached hydrogens (tertiary/aromatic N) is 1. The van der Waals surface area contributed by atoms with E-state index in [1.54, 1.807) is 4.72 Å². The van der Waals surface area contributed by atoms with Gasteiger partial charge in [-0.25, -0.2) is 30.3 Å². The summed E-state index contributed by atoms with van der Waals surface area (Å²) in [6, 6.07) is 4.35. The number of ether oxygens (including phenoxy) is 1. The first-order valence-corrected chi connectivity index (χ1v) is 10.3. The highest BCUT2D eigenvalue weighted by atomic mass is 35.5. The number of alkyl halides is 2. The van der Waals surface area contributed by atoms with E-state index in [9.17, 15) is 25.6 Å². The molecule has 1 aliphatic rings. The second-order valence-corrected chi connectivity index (χ2v) is 9.08. The molecule has 1 aromatic carbocycles. The molecule has 2 rings (SSSR count). The second-order valence-electron chi connectivity index (χ2n) is 5.37. The van der Waals surface area contributed by atoms with Crippen LogP contribution in [0.1, 0.15) is 0 Å². The molecule has 0 unspecified atom stereocenters. The van der Waals surface area contributed by atoms with Gasteiger partial charge in [-0.1, -0.05) is 0 Å². The largest absolute Gasteiger partial charge is 0.379 e. The summed E-state index contributed by atoms with van der Waals surface area (Å²) in [6.45, 7) is -1.15. The standard InChI is InChI=1S/C13H19F2N3O5S2.ClH/c14-13(15,9-16)10-17-24(19,20)11-1-3-12(4-2-11)25(21,22)18-5-7-23-8-6-18;/h1-4,17H,5-10,16H2;1H. The Balaban J connectivity index is 0.00000338. The van der Waals surface area contributed by atoms with Crippen molar-refractivity contribution in [3.05, 3.63) is 24.3 Å². The van der Waals surface area contributed by atoms with Crippen LogP contribution in [0, 0.1) is 0 Å². The molecular formula is C13H20ClF2N3O5S2. The number of nitrogens with two attached hydrogens (primary N) is 1. The van der Waals surface area contributed by atoms with Crippen molar-refractivity contribution in [2.45, 2.75) is 15.7 Å². The first-order valence-electron chi connectivity index (χ1n) is 7.34. The fourth-order valence-corrected chi connectivity index (χ4v) is 4.55. The number of rotatable bonds is 7. The lowest BCUT2D eigenvalue weighted by Crippen LogP contribution is -2.41. The van der Waals surface area contributed by atoms with Gasteiger partial charge in [0.25, 0.3) is 5.92 Å². The Bertz CT molecular complexity index is 798. The van der Waals surface area contributed by atoms with E-state index in [0.29, 0.717) is 0 Å². The Hall–Kier alpha value is -0.890. The van der Waals surface area contributed by atoms with Crippen LogP contribution < -0.4 is 10.5 Å². The van der Waals surface area contributed by atoms with Gasteiger partial charge in [-0.15, -0.1) is 12.4 Å². The van der Waals surface area contributed by atoms with Gasteiger partial charge in [0.15, 0.2) is 0 Å². The van der Waals surface area contributed by atoms with Crippen molar-refractivity contribution in [1.82, 2.24) is 9.03 Å². The molecule has 0 aliphatic carbocycles. The SMILES string of the molecule is Cl.NCC(F)(F)CNS(=O)(=O)c1ccc(S(=O)(=O)N2CCOCC2)cc1. The number of sulfonamides is 2. The van der Waals surface area contributed by atoms with E-state index in [2.05, 4.69) is 0 Å². The van der Waals surface area contributed by atoms with Crippen LogP contribution in [0.25, 0.3) is 0 Å². The lowest BCUT2D eigenvalue weighted by atomic mass is 10.3. The predicted octanol–water partition coefficient (Wildman–Crippen LogP) is 0.00160. The smallest absolute Gasteiger partial charge is 0.273 e. The van der Waals surface area contributed by atoms with E-state index >= 15 is 0 Å². The van der Waals surface area contributed by atoms with E-state index < -0.39 is 39.1 Å². The third-order valence-electron chi connectivity index (χ3n) is 3.56. The van der Waals surface area contributed by atoms with Gasteiger partial charge in [-0.2, -0.15) is 4.31 Å². The van der Waals surface area contributed by atoms with Gasteiger partial charge >= 0.3 is 0 Å². The Morgan fingerprint density at radius 2 is 1.58 bits per heavy atom. The third-order valence-corrected chi connectivity index (χ3v) is 6.89. The maximum Gasteiger partial charge on any atom is 0.273 e. The van der Waals surface area contributed by atoms with Crippen molar-refractivity contribution in [3.8, 4) is 0 Å². The molecule has 1 aromatic rings. The molecule has 0 radical (unpaired) electrons. The number of halogens is 3. The zero-order chi connectivity index (χ0) is 18.7. The average molecular weight is 436 g/mol. The molecule has 0 atom stereocenters. The lowest BCUT2D eigenvalue weighted by molar-refractivity contribution is 0.0170. The van der Waals surface area contributed by atoms with Gasteiger partial charge < -0.3 is 10.5 Å². The predicted molar refractivity (Wildman–Crippen MR) is 92.5 cm³/mol. The van der Waals surface area contributed by atoms with Crippen LogP contribution in [0.5, 0.6) is 0 Å². The van der Waals surface area contributed by atoms with Gasteiger partial charge in [0, 0.05) is 13.1 Å². The maximum absolute atomic E-state index is 13.1. The molecular weight excluding hydrogens is 416 g/mol. The van der Waals surface area contributed by atoms with Crippen molar-refractivity contribution >= 4 is 32.5 Å². The zero-order valence-corrected chi connectivity index (χ0v) is 16.0. The fraction of sp³-hybridized carbons (Fsp3) is 0.538. The van der Waals surface area contributed by atoms with Crippen molar-refractivity contribution in [2.75, 3.05) is 39.4 Å². The van der Waals surface area contributed by atoms with Crippen LogP contribution >= 0.6 is 12.4 Å². The summed E-state index contributed by atoms with van der Waals surface area (Å²) in [4.78, 5) is -0.401. The molecule has 3 N–H and O–H groups in total. The van der Waals surface area contributed by atoms with Crippen molar-refractivity contribution in [1.29, 1.82) is 0 Å². The van der Waals surface area contributed by atoms with Crippen LogP contribution in [0.3, 0.4) is 0 Å². The third kappa shape index (κ3) is 5.55. The summed E-state index contributed by atoms with van der Waals surface area (Å²) in [6.07, 6.45) is 0. The summed E-state index contributed by atoms with van der Waals surface area (Å²) in [7, 11) is -7.97. The van der Waals surface area contributed by atoms with Gasteiger partial charge in [-0.3, -0.25) is 0 Å². The van der Waals surface area contributed by atoms with Crippen molar-refractivity contribution < 1.29 is 30.4 Å². The van der Waals surface area contributed by atoms with Crippen LogP contribution in [-0.2, 0) is 24.8 Å². The van der Waals surface area contributed by atoms with Crippen LogP contribution in [0.2, 0.25) is 0 Å². The zero-order valence-electron chi connectivity index (χ0n) is 13.6. The van der Waals surface area contributed by atoms with E-state index in [0.717, 1.165) is 24.3 Å². The molecule has 1 heterocycles. The first kappa shape index (κ1) is 23.1. The van der Waals surface area contributed by atoms with E-state index in [1.165, 1.54) is 4.31 Å². The van der Waals surface area contributed by atoms with Gasteiger partial charge in [0.2, 0.25) is 20.0 Å². The maximum atomic E-state index is 13.1. The Labute approximate surface area is 157 Å². The van der Waals surface area contributed by atoms with Crippen molar-refractivity contribution in [3.63, 3.8) is 0 Å². The molecule has 1 fully saturated rings. The minimum absolute atomic E-state index is 0. The highest BCUT2D eigenvalue weighted by Crippen LogP contribution is 2.20. The van der Waals surface area contributed by atoms with Gasteiger partial charge in [0.1, 0.15) is 0 Å². The molecule has 0 bridgehead atoms. The second kappa shape index (κ2) is 8.87. The van der Waals surface area contributed by atoms with E-state index in [-0.39, 0.29) is 48.5 Å². The molecule has 0 aromatic heterocycles.